The summed E-state index contributed by atoms with van der Waals surface area (Å²) in [7, 11) is 0. The van der Waals surface area contributed by atoms with E-state index in [1.165, 1.54) is 5.56 Å². The van der Waals surface area contributed by atoms with Gasteiger partial charge in [-0.2, -0.15) is 5.10 Å². The second kappa shape index (κ2) is 7.79. The zero-order chi connectivity index (χ0) is 16.1. The first-order valence-electron chi connectivity index (χ1n) is 8.68. The van der Waals surface area contributed by atoms with Crippen LogP contribution in [0, 0.1) is 0 Å². The van der Waals surface area contributed by atoms with Crippen LogP contribution in [-0.4, -0.2) is 28.5 Å². The van der Waals surface area contributed by atoms with Gasteiger partial charge in [-0.05, 0) is 45.2 Å². The van der Waals surface area contributed by atoms with E-state index in [-0.39, 0.29) is 6.10 Å². The molecule has 0 amide bonds. The summed E-state index contributed by atoms with van der Waals surface area (Å²) in [6.45, 7) is 6.07. The van der Waals surface area contributed by atoms with Crippen LogP contribution < -0.4 is 5.32 Å². The van der Waals surface area contributed by atoms with Crippen LogP contribution in [-0.2, 0) is 17.7 Å². The molecule has 3 heterocycles. The highest BCUT2D eigenvalue weighted by atomic mass is 16.5. The molecule has 5 heteroatoms. The minimum Gasteiger partial charge on any atom is -0.469 e. The summed E-state index contributed by atoms with van der Waals surface area (Å²) >= 11 is 0. The van der Waals surface area contributed by atoms with E-state index in [9.17, 15) is 0 Å². The summed E-state index contributed by atoms with van der Waals surface area (Å²) in [5.74, 6) is 1.05. The molecule has 5 nitrogen and oxygen atoms in total. The Bertz CT molecular complexity index is 579. The number of nitrogens with zero attached hydrogens (tertiary/aromatic N) is 2. The SMILES string of the molecule is CCn1cc([C@H]2OCCC[C@@H]2N[C@H](C)CCc2ccco2)cn1. The molecule has 1 fully saturated rings. The van der Waals surface area contributed by atoms with Crippen LogP contribution in [0.4, 0.5) is 0 Å². The number of aryl methyl sites for hydroxylation is 2. The van der Waals surface area contributed by atoms with E-state index in [1.807, 2.05) is 23.0 Å². The van der Waals surface area contributed by atoms with Gasteiger partial charge in [0, 0.05) is 43.4 Å². The molecule has 0 aliphatic carbocycles. The van der Waals surface area contributed by atoms with Crippen molar-refractivity contribution in [2.24, 2.45) is 0 Å². The molecule has 0 radical (unpaired) electrons. The van der Waals surface area contributed by atoms with Crippen LogP contribution in [0.2, 0.25) is 0 Å². The Morgan fingerprint density at radius 3 is 3.13 bits per heavy atom. The van der Waals surface area contributed by atoms with Crippen molar-refractivity contribution in [2.45, 2.75) is 64.3 Å². The van der Waals surface area contributed by atoms with E-state index in [1.54, 1.807) is 6.26 Å². The van der Waals surface area contributed by atoms with Crippen LogP contribution in [0.25, 0.3) is 0 Å². The summed E-state index contributed by atoms with van der Waals surface area (Å²) in [5, 5.41) is 8.14. The Kier molecular flexibility index (Phi) is 5.51. The van der Waals surface area contributed by atoms with Gasteiger partial charge in [-0.25, -0.2) is 0 Å². The fourth-order valence-electron chi connectivity index (χ4n) is 3.24. The normalized spacial score (nSPS) is 23.0. The number of ether oxygens (including phenoxy) is 1. The number of furan rings is 1. The van der Waals surface area contributed by atoms with Crippen molar-refractivity contribution in [3.63, 3.8) is 0 Å². The van der Waals surface area contributed by atoms with Crippen LogP contribution in [0.5, 0.6) is 0 Å². The van der Waals surface area contributed by atoms with E-state index in [0.29, 0.717) is 12.1 Å². The summed E-state index contributed by atoms with van der Waals surface area (Å²) in [6.07, 6.45) is 10.2. The Labute approximate surface area is 138 Å². The molecular weight excluding hydrogens is 290 g/mol. The third-order valence-electron chi connectivity index (χ3n) is 4.53. The molecule has 0 aromatic carbocycles. The lowest BCUT2D eigenvalue weighted by atomic mass is 9.96. The van der Waals surface area contributed by atoms with Crippen molar-refractivity contribution in [3.8, 4) is 0 Å². The van der Waals surface area contributed by atoms with Crippen LogP contribution >= 0.6 is 0 Å². The number of rotatable bonds is 7. The van der Waals surface area contributed by atoms with Crippen molar-refractivity contribution in [3.05, 3.63) is 42.1 Å². The molecule has 0 bridgehead atoms. The molecule has 0 spiro atoms. The lowest BCUT2D eigenvalue weighted by Gasteiger charge is -2.34. The first-order chi connectivity index (χ1) is 11.3. The smallest absolute Gasteiger partial charge is 0.103 e. The van der Waals surface area contributed by atoms with E-state index in [4.69, 9.17) is 9.15 Å². The molecule has 2 aromatic rings. The van der Waals surface area contributed by atoms with Gasteiger partial charge in [0.25, 0.3) is 0 Å². The van der Waals surface area contributed by atoms with E-state index >= 15 is 0 Å². The molecule has 23 heavy (non-hydrogen) atoms. The maximum absolute atomic E-state index is 6.05. The summed E-state index contributed by atoms with van der Waals surface area (Å²) < 4.78 is 13.4. The number of aromatic nitrogens is 2. The van der Waals surface area contributed by atoms with Crippen molar-refractivity contribution in [2.75, 3.05) is 6.61 Å². The van der Waals surface area contributed by atoms with Gasteiger partial charge in [-0.3, -0.25) is 4.68 Å². The van der Waals surface area contributed by atoms with Gasteiger partial charge in [-0.1, -0.05) is 0 Å². The van der Waals surface area contributed by atoms with E-state index in [0.717, 1.165) is 44.6 Å². The summed E-state index contributed by atoms with van der Waals surface area (Å²) in [5.41, 5.74) is 1.18. The zero-order valence-electron chi connectivity index (χ0n) is 14.1. The summed E-state index contributed by atoms with van der Waals surface area (Å²) in [4.78, 5) is 0. The third kappa shape index (κ3) is 4.24. The topological polar surface area (TPSA) is 52.2 Å². The Morgan fingerprint density at radius 2 is 2.39 bits per heavy atom. The molecule has 3 atom stereocenters. The lowest BCUT2D eigenvalue weighted by Crippen LogP contribution is -2.43. The molecule has 2 aromatic heterocycles. The highest BCUT2D eigenvalue weighted by Crippen LogP contribution is 2.28. The van der Waals surface area contributed by atoms with E-state index in [2.05, 4.69) is 30.5 Å². The fraction of sp³-hybridized carbons (Fsp3) is 0.611. The lowest BCUT2D eigenvalue weighted by molar-refractivity contribution is -0.0136. The van der Waals surface area contributed by atoms with Gasteiger partial charge < -0.3 is 14.5 Å². The molecule has 3 rings (SSSR count). The van der Waals surface area contributed by atoms with Crippen molar-refractivity contribution < 1.29 is 9.15 Å². The number of hydrogen-bond acceptors (Lipinski definition) is 4. The van der Waals surface area contributed by atoms with Gasteiger partial charge in [0.1, 0.15) is 11.9 Å². The van der Waals surface area contributed by atoms with Gasteiger partial charge in [0.2, 0.25) is 0 Å². The van der Waals surface area contributed by atoms with E-state index < -0.39 is 0 Å². The average Bonchev–Trinajstić information content (AvgIpc) is 3.25. The monoisotopic (exact) mass is 317 g/mol. The van der Waals surface area contributed by atoms with Gasteiger partial charge in [0.15, 0.2) is 0 Å². The van der Waals surface area contributed by atoms with Crippen molar-refractivity contribution >= 4 is 0 Å². The molecule has 1 aliphatic rings. The predicted octanol–water partition coefficient (Wildman–Crippen LogP) is 3.33. The first-order valence-corrected chi connectivity index (χ1v) is 8.68. The van der Waals surface area contributed by atoms with Crippen LogP contribution in [0.1, 0.15) is 50.5 Å². The second-order valence-electron chi connectivity index (χ2n) is 6.36. The molecule has 1 aliphatic heterocycles. The molecular formula is C18H27N3O2. The number of nitrogens with one attached hydrogen (secondary N) is 1. The Hall–Kier alpha value is -1.59. The molecule has 0 unspecified atom stereocenters. The van der Waals surface area contributed by atoms with Gasteiger partial charge in [0.05, 0.1) is 12.5 Å². The minimum atomic E-state index is 0.107. The fourth-order valence-corrected chi connectivity index (χ4v) is 3.24. The largest absolute Gasteiger partial charge is 0.469 e. The minimum absolute atomic E-state index is 0.107. The highest BCUT2D eigenvalue weighted by Gasteiger charge is 2.29. The maximum Gasteiger partial charge on any atom is 0.103 e. The third-order valence-corrected chi connectivity index (χ3v) is 4.53. The predicted molar refractivity (Wildman–Crippen MR) is 89.2 cm³/mol. The molecule has 1 N–H and O–H groups in total. The number of hydrogen-bond donors (Lipinski definition) is 1. The first kappa shape index (κ1) is 16.3. The van der Waals surface area contributed by atoms with Crippen LogP contribution in [0.15, 0.2) is 35.2 Å². The maximum atomic E-state index is 6.05. The van der Waals surface area contributed by atoms with Gasteiger partial charge >= 0.3 is 0 Å². The Balaban J connectivity index is 1.57. The zero-order valence-corrected chi connectivity index (χ0v) is 14.1. The quantitative estimate of drug-likeness (QED) is 0.851. The van der Waals surface area contributed by atoms with Crippen molar-refractivity contribution in [1.82, 2.24) is 15.1 Å². The summed E-state index contributed by atoms with van der Waals surface area (Å²) in [6, 6.07) is 4.77. The molecule has 0 saturated carbocycles. The van der Waals surface area contributed by atoms with Crippen LogP contribution in [0.3, 0.4) is 0 Å². The Morgan fingerprint density at radius 1 is 1.48 bits per heavy atom. The molecule has 1 saturated heterocycles. The van der Waals surface area contributed by atoms with Crippen molar-refractivity contribution in [1.29, 1.82) is 0 Å². The molecule has 126 valence electrons. The van der Waals surface area contributed by atoms with Gasteiger partial charge in [-0.15, -0.1) is 0 Å². The second-order valence-corrected chi connectivity index (χ2v) is 6.36. The standard InChI is InChI=1S/C18H27N3O2/c1-3-21-13-15(12-19-21)18-17(7-5-11-23-18)20-14(2)8-9-16-6-4-10-22-16/h4,6,10,12-14,17-18,20H,3,5,7-9,11H2,1-2H3/t14-,17+,18-/m1/s1. The average molecular weight is 317 g/mol. The highest BCUT2D eigenvalue weighted by molar-refractivity contribution is 5.12.